The molecule has 1 N–H and O–H groups in total. The number of ether oxygens (including phenoxy) is 1. The number of carbonyl (C=O) groups is 1. The van der Waals surface area contributed by atoms with Gasteiger partial charge in [-0.15, -0.1) is 0 Å². The van der Waals surface area contributed by atoms with Crippen LogP contribution in [0.1, 0.15) is 103 Å². The number of methoxy groups -OCH3 is 1. The first kappa shape index (κ1) is 28.3. The van der Waals surface area contributed by atoms with Crippen molar-refractivity contribution in [2.24, 2.45) is 0 Å². The van der Waals surface area contributed by atoms with Gasteiger partial charge in [0.05, 0.1) is 19.3 Å². The highest BCUT2D eigenvalue weighted by atomic mass is 32.2. The van der Waals surface area contributed by atoms with Gasteiger partial charge >= 0.3 is 5.97 Å². The Morgan fingerprint density at radius 2 is 1.21 bits per heavy atom. The third kappa shape index (κ3) is 21.9. The lowest BCUT2D eigenvalue weighted by Gasteiger charge is -2.21. The molecule has 0 bridgehead atoms. The van der Waals surface area contributed by atoms with Crippen molar-refractivity contribution in [1.82, 2.24) is 4.90 Å². The van der Waals surface area contributed by atoms with Crippen LogP contribution < -0.4 is 0 Å². The second-order valence-electron chi connectivity index (χ2n) is 8.05. The summed E-state index contributed by atoms with van der Waals surface area (Å²) in [5.41, 5.74) is 0. The van der Waals surface area contributed by atoms with Gasteiger partial charge in [0.25, 0.3) is 10.1 Å². The van der Waals surface area contributed by atoms with Crippen LogP contribution in [0.4, 0.5) is 0 Å². The van der Waals surface area contributed by atoms with Crippen LogP contribution in [-0.2, 0) is 19.6 Å². The number of carbonyl (C=O) groups excluding carboxylic acids is 1. The van der Waals surface area contributed by atoms with Gasteiger partial charge < -0.3 is 9.64 Å². The van der Waals surface area contributed by atoms with Crippen LogP contribution in [0.3, 0.4) is 0 Å². The van der Waals surface area contributed by atoms with Crippen LogP contribution in [0.25, 0.3) is 0 Å². The number of rotatable bonds is 21. The molecule has 0 fully saturated rings. The maximum atomic E-state index is 11.3. The van der Waals surface area contributed by atoms with Gasteiger partial charge in [-0.1, -0.05) is 90.4 Å². The Hall–Kier alpha value is -0.660. The van der Waals surface area contributed by atoms with E-state index in [-0.39, 0.29) is 24.7 Å². The first-order valence-electron chi connectivity index (χ1n) is 11.6. The highest BCUT2D eigenvalue weighted by molar-refractivity contribution is 7.85. The van der Waals surface area contributed by atoms with Crippen LogP contribution in [-0.4, -0.2) is 56.3 Å². The summed E-state index contributed by atoms with van der Waals surface area (Å²) >= 11 is 0. The second-order valence-corrected chi connectivity index (χ2v) is 9.62. The van der Waals surface area contributed by atoms with Gasteiger partial charge in [-0.05, 0) is 13.0 Å². The van der Waals surface area contributed by atoms with Crippen molar-refractivity contribution in [3.63, 3.8) is 0 Å². The third-order valence-electron chi connectivity index (χ3n) is 5.35. The fourth-order valence-electron chi connectivity index (χ4n) is 3.46. The second kappa shape index (κ2) is 19.3. The average molecular weight is 436 g/mol. The van der Waals surface area contributed by atoms with Crippen LogP contribution in [0.2, 0.25) is 0 Å². The Bertz CT molecular complexity index is 482. The van der Waals surface area contributed by atoms with Gasteiger partial charge in [0.2, 0.25) is 0 Å². The van der Waals surface area contributed by atoms with E-state index < -0.39 is 10.1 Å². The van der Waals surface area contributed by atoms with Crippen molar-refractivity contribution in [2.45, 2.75) is 103 Å². The summed E-state index contributed by atoms with van der Waals surface area (Å²) in [5.74, 6) is -0.602. The largest absolute Gasteiger partial charge is 0.469 e. The zero-order valence-corrected chi connectivity index (χ0v) is 19.7. The van der Waals surface area contributed by atoms with E-state index in [0.29, 0.717) is 6.54 Å². The molecule has 0 aliphatic heterocycles. The average Bonchev–Trinajstić information content (AvgIpc) is 2.68. The van der Waals surface area contributed by atoms with Crippen molar-refractivity contribution in [3.05, 3.63) is 0 Å². The number of hydrogen-bond acceptors (Lipinski definition) is 5. The van der Waals surface area contributed by atoms with E-state index in [0.717, 1.165) is 19.4 Å². The van der Waals surface area contributed by atoms with E-state index in [4.69, 9.17) is 4.55 Å². The number of unbranched alkanes of at least 4 members (excludes halogenated alkanes) is 13. The normalized spacial score (nSPS) is 11.9. The summed E-state index contributed by atoms with van der Waals surface area (Å²) in [4.78, 5) is 13.2. The molecule has 0 aliphatic carbocycles. The van der Waals surface area contributed by atoms with Crippen molar-refractivity contribution < 1.29 is 22.5 Å². The van der Waals surface area contributed by atoms with Gasteiger partial charge in [-0.25, -0.2) is 0 Å². The molecule has 0 rings (SSSR count). The predicted molar refractivity (Wildman–Crippen MR) is 120 cm³/mol. The molecule has 0 radical (unpaired) electrons. The Labute approximate surface area is 179 Å². The molecule has 0 aliphatic rings. The Balaban J connectivity index is 3.66. The maximum Gasteiger partial charge on any atom is 0.306 e. The van der Waals surface area contributed by atoms with Gasteiger partial charge in [0.1, 0.15) is 0 Å². The lowest BCUT2D eigenvalue weighted by molar-refractivity contribution is -0.140. The Morgan fingerprint density at radius 1 is 0.759 bits per heavy atom. The molecule has 174 valence electrons. The summed E-state index contributed by atoms with van der Waals surface area (Å²) in [6.07, 6.45) is 18.4. The van der Waals surface area contributed by atoms with E-state index in [2.05, 4.69) is 11.7 Å². The summed E-state index contributed by atoms with van der Waals surface area (Å²) in [7, 11) is -2.63. The summed E-state index contributed by atoms with van der Waals surface area (Å²) in [5, 5.41) is 0. The zero-order chi connectivity index (χ0) is 21.8. The minimum atomic E-state index is -3.98. The number of nitrogens with zero attached hydrogens (tertiary/aromatic N) is 1. The van der Waals surface area contributed by atoms with Crippen LogP contribution in [0, 0.1) is 0 Å². The monoisotopic (exact) mass is 435 g/mol. The molecule has 0 aromatic rings. The van der Waals surface area contributed by atoms with Crippen LogP contribution >= 0.6 is 0 Å². The lowest BCUT2D eigenvalue weighted by atomic mass is 10.0. The molecule has 0 saturated heterocycles. The topological polar surface area (TPSA) is 83.9 Å². The minimum absolute atomic E-state index is 0.237. The minimum Gasteiger partial charge on any atom is -0.469 e. The highest BCUT2D eigenvalue weighted by Gasteiger charge is 2.12. The molecule has 6 nitrogen and oxygen atoms in total. The van der Waals surface area contributed by atoms with Crippen molar-refractivity contribution in [3.8, 4) is 0 Å². The van der Waals surface area contributed by atoms with E-state index >= 15 is 0 Å². The first-order valence-corrected chi connectivity index (χ1v) is 13.2. The van der Waals surface area contributed by atoms with E-state index in [1.54, 1.807) is 0 Å². The molecular formula is C22H45NO5S. The van der Waals surface area contributed by atoms with Gasteiger partial charge in [0, 0.05) is 13.1 Å². The highest BCUT2D eigenvalue weighted by Crippen LogP contribution is 2.13. The summed E-state index contributed by atoms with van der Waals surface area (Å²) < 4.78 is 35.5. The standard InChI is InChI=1S/C22H45NO5S/c1-3-4-5-6-7-8-9-10-11-12-13-14-15-16-18-23(19-17-22(24)28-2)20-21-29(25,26)27/h3-21H2,1-2H3,(H,25,26,27). The lowest BCUT2D eigenvalue weighted by Crippen LogP contribution is -2.32. The first-order chi connectivity index (χ1) is 13.9. The molecule has 0 spiro atoms. The summed E-state index contributed by atoms with van der Waals surface area (Å²) in [6, 6.07) is 0. The Kier molecular flexibility index (Phi) is 18.9. The molecule has 0 aromatic carbocycles. The molecular weight excluding hydrogens is 390 g/mol. The maximum absolute atomic E-state index is 11.3. The smallest absolute Gasteiger partial charge is 0.306 e. The van der Waals surface area contributed by atoms with Crippen molar-refractivity contribution in [2.75, 3.05) is 32.5 Å². The van der Waals surface area contributed by atoms with Crippen molar-refractivity contribution >= 4 is 16.1 Å². The van der Waals surface area contributed by atoms with E-state index in [1.165, 1.54) is 84.2 Å². The quantitative estimate of drug-likeness (QED) is 0.151. The van der Waals surface area contributed by atoms with E-state index in [9.17, 15) is 13.2 Å². The number of hydrogen-bond donors (Lipinski definition) is 1. The molecule has 7 heteroatoms. The molecule has 0 unspecified atom stereocenters. The number of esters is 1. The van der Waals surface area contributed by atoms with Crippen molar-refractivity contribution in [1.29, 1.82) is 0 Å². The molecule has 29 heavy (non-hydrogen) atoms. The van der Waals surface area contributed by atoms with Crippen LogP contribution in [0.5, 0.6) is 0 Å². The van der Waals surface area contributed by atoms with Gasteiger partial charge in [0.15, 0.2) is 0 Å². The van der Waals surface area contributed by atoms with Crippen LogP contribution in [0.15, 0.2) is 0 Å². The molecule has 0 amide bonds. The van der Waals surface area contributed by atoms with Gasteiger partial charge in [-0.2, -0.15) is 8.42 Å². The molecule has 0 aromatic heterocycles. The predicted octanol–water partition coefficient (Wildman–Crippen LogP) is 5.22. The molecule has 0 atom stereocenters. The Morgan fingerprint density at radius 3 is 1.62 bits per heavy atom. The fourth-order valence-corrected chi connectivity index (χ4v) is 3.95. The fraction of sp³-hybridized carbons (Fsp3) is 0.955. The summed E-state index contributed by atoms with van der Waals surface area (Å²) in [6.45, 7) is 3.70. The van der Waals surface area contributed by atoms with E-state index in [1.807, 2.05) is 4.90 Å². The molecule has 0 heterocycles. The SMILES string of the molecule is CCCCCCCCCCCCCCCCN(CCC(=O)OC)CCS(=O)(=O)O. The zero-order valence-electron chi connectivity index (χ0n) is 18.9. The third-order valence-corrected chi connectivity index (χ3v) is 6.05. The molecule has 0 saturated carbocycles. The van der Waals surface area contributed by atoms with Gasteiger partial charge in [-0.3, -0.25) is 9.35 Å².